The van der Waals surface area contributed by atoms with Gasteiger partial charge in [-0.1, -0.05) is 0 Å². The standard InChI is InChI=1S/C18H20FN3O3/c19-14-3-5-16(6-4-14)25-12-17(23)21-10-15-7-8-20-18(22-15)13-2-1-9-24-11-13/h3-8,13H,1-2,9-12H2,(H,21,23)/t13-/m0/s1. The Morgan fingerprint density at radius 1 is 1.32 bits per heavy atom. The third kappa shape index (κ3) is 5.22. The highest BCUT2D eigenvalue weighted by atomic mass is 19.1. The molecule has 132 valence electrons. The summed E-state index contributed by atoms with van der Waals surface area (Å²) in [4.78, 5) is 20.7. The fourth-order valence-corrected chi connectivity index (χ4v) is 2.57. The molecule has 0 saturated carbocycles. The van der Waals surface area contributed by atoms with E-state index in [1.807, 2.05) is 0 Å². The molecule has 1 aromatic heterocycles. The minimum absolute atomic E-state index is 0.139. The van der Waals surface area contributed by atoms with E-state index in [4.69, 9.17) is 9.47 Å². The summed E-state index contributed by atoms with van der Waals surface area (Å²) < 4.78 is 23.6. The zero-order chi connectivity index (χ0) is 17.5. The summed E-state index contributed by atoms with van der Waals surface area (Å²) in [6.45, 7) is 1.59. The molecule has 0 unspecified atom stereocenters. The van der Waals surface area contributed by atoms with Gasteiger partial charge < -0.3 is 14.8 Å². The first-order valence-corrected chi connectivity index (χ1v) is 8.25. The van der Waals surface area contributed by atoms with E-state index >= 15 is 0 Å². The van der Waals surface area contributed by atoms with Crippen molar-refractivity contribution in [3.8, 4) is 5.75 Å². The number of hydrogen-bond acceptors (Lipinski definition) is 5. The monoisotopic (exact) mass is 345 g/mol. The fourth-order valence-electron chi connectivity index (χ4n) is 2.57. The van der Waals surface area contributed by atoms with Crippen LogP contribution in [0, 0.1) is 5.82 Å². The molecule has 1 aliphatic heterocycles. The summed E-state index contributed by atoms with van der Waals surface area (Å²) in [5.41, 5.74) is 0.741. The maximum atomic E-state index is 12.8. The van der Waals surface area contributed by atoms with Crippen LogP contribution in [0.15, 0.2) is 36.5 Å². The molecule has 0 radical (unpaired) electrons. The lowest BCUT2D eigenvalue weighted by Gasteiger charge is -2.20. The molecule has 1 fully saturated rings. The number of aromatic nitrogens is 2. The molecule has 25 heavy (non-hydrogen) atoms. The quantitative estimate of drug-likeness (QED) is 0.869. The molecule has 6 nitrogen and oxygen atoms in total. The number of benzene rings is 1. The predicted octanol–water partition coefficient (Wildman–Crippen LogP) is 2.20. The van der Waals surface area contributed by atoms with Gasteiger partial charge in [-0.15, -0.1) is 0 Å². The van der Waals surface area contributed by atoms with Crippen molar-refractivity contribution in [3.63, 3.8) is 0 Å². The van der Waals surface area contributed by atoms with Gasteiger partial charge in [0.15, 0.2) is 6.61 Å². The van der Waals surface area contributed by atoms with Crippen LogP contribution in [0.2, 0.25) is 0 Å². The molecule has 0 bridgehead atoms. The molecule has 1 aliphatic rings. The largest absolute Gasteiger partial charge is 0.484 e. The van der Waals surface area contributed by atoms with Gasteiger partial charge in [-0.05, 0) is 43.2 Å². The second kappa shape index (κ2) is 8.53. The molecular formula is C18H20FN3O3. The first-order valence-electron chi connectivity index (χ1n) is 8.25. The lowest BCUT2D eigenvalue weighted by Crippen LogP contribution is -2.29. The van der Waals surface area contributed by atoms with Crippen LogP contribution in [0.1, 0.15) is 30.3 Å². The van der Waals surface area contributed by atoms with Crippen LogP contribution < -0.4 is 10.1 Å². The topological polar surface area (TPSA) is 73.3 Å². The first kappa shape index (κ1) is 17.3. The fraction of sp³-hybridized carbons (Fsp3) is 0.389. The van der Waals surface area contributed by atoms with Crippen LogP contribution in [0.3, 0.4) is 0 Å². The summed E-state index contributed by atoms with van der Waals surface area (Å²) in [5, 5.41) is 2.75. The Hall–Kier alpha value is -2.54. The highest BCUT2D eigenvalue weighted by molar-refractivity contribution is 5.77. The molecule has 1 atom stereocenters. The van der Waals surface area contributed by atoms with Crippen LogP contribution in [0.4, 0.5) is 4.39 Å². The van der Waals surface area contributed by atoms with E-state index in [0.717, 1.165) is 31.0 Å². The average Bonchev–Trinajstić information content (AvgIpc) is 2.67. The van der Waals surface area contributed by atoms with E-state index in [2.05, 4.69) is 15.3 Å². The van der Waals surface area contributed by atoms with Crippen molar-refractivity contribution in [1.29, 1.82) is 0 Å². The molecule has 7 heteroatoms. The number of ether oxygens (including phenoxy) is 2. The van der Waals surface area contributed by atoms with Gasteiger partial charge in [-0.25, -0.2) is 14.4 Å². The van der Waals surface area contributed by atoms with Gasteiger partial charge in [0, 0.05) is 18.7 Å². The summed E-state index contributed by atoms with van der Waals surface area (Å²) in [6.07, 6.45) is 3.73. The van der Waals surface area contributed by atoms with Gasteiger partial charge in [0.1, 0.15) is 17.4 Å². The van der Waals surface area contributed by atoms with Crippen molar-refractivity contribution >= 4 is 5.91 Å². The normalized spacial score (nSPS) is 17.1. The number of rotatable bonds is 6. The maximum Gasteiger partial charge on any atom is 0.258 e. The Morgan fingerprint density at radius 3 is 2.92 bits per heavy atom. The van der Waals surface area contributed by atoms with Gasteiger partial charge >= 0.3 is 0 Å². The maximum absolute atomic E-state index is 12.8. The zero-order valence-electron chi connectivity index (χ0n) is 13.8. The van der Waals surface area contributed by atoms with Gasteiger partial charge in [-0.2, -0.15) is 0 Å². The Kier molecular flexibility index (Phi) is 5.90. The highest BCUT2D eigenvalue weighted by Crippen LogP contribution is 2.22. The second-order valence-corrected chi connectivity index (χ2v) is 5.84. The van der Waals surface area contributed by atoms with E-state index in [0.29, 0.717) is 18.9 Å². The van der Waals surface area contributed by atoms with Crippen LogP contribution in [0.25, 0.3) is 0 Å². The van der Waals surface area contributed by atoms with Crippen molar-refractivity contribution in [3.05, 3.63) is 53.9 Å². The predicted molar refractivity (Wildman–Crippen MR) is 88.6 cm³/mol. The van der Waals surface area contributed by atoms with E-state index in [9.17, 15) is 9.18 Å². The third-order valence-electron chi connectivity index (χ3n) is 3.91. The SMILES string of the molecule is O=C(COc1ccc(F)cc1)NCc1ccnc([C@H]2CCCOC2)n1. The number of amides is 1. The molecule has 1 amide bonds. The minimum atomic E-state index is -0.347. The van der Waals surface area contributed by atoms with Crippen molar-refractivity contribution in [2.75, 3.05) is 19.8 Å². The minimum Gasteiger partial charge on any atom is -0.484 e. The highest BCUT2D eigenvalue weighted by Gasteiger charge is 2.18. The van der Waals surface area contributed by atoms with Gasteiger partial charge in [-0.3, -0.25) is 4.79 Å². The summed E-state index contributed by atoms with van der Waals surface area (Å²) in [6, 6.07) is 7.29. The number of halogens is 1. The Morgan fingerprint density at radius 2 is 2.16 bits per heavy atom. The number of nitrogens with one attached hydrogen (secondary N) is 1. The summed E-state index contributed by atoms with van der Waals surface area (Å²) in [7, 11) is 0. The van der Waals surface area contributed by atoms with Gasteiger partial charge in [0.25, 0.3) is 5.91 Å². The van der Waals surface area contributed by atoms with E-state index in [1.54, 1.807) is 12.3 Å². The van der Waals surface area contributed by atoms with Crippen LogP contribution in [-0.2, 0) is 16.1 Å². The summed E-state index contributed by atoms with van der Waals surface area (Å²) in [5.74, 6) is 0.795. The zero-order valence-corrected chi connectivity index (χ0v) is 13.8. The Bertz CT molecular complexity index is 703. The lowest BCUT2D eigenvalue weighted by molar-refractivity contribution is -0.123. The van der Waals surface area contributed by atoms with Crippen molar-refractivity contribution in [2.45, 2.75) is 25.3 Å². The number of carbonyl (C=O) groups is 1. The van der Waals surface area contributed by atoms with Crippen molar-refractivity contribution in [2.24, 2.45) is 0 Å². The first-order chi connectivity index (χ1) is 12.2. The lowest BCUT2D eigenvalue weighted by atomic mass is 10.0. The number of carbonyl (C=O) groups excluding carboxylic acids is 1. The van der Waals surface area contributed by atoms with E-state index < -0.39 is 0 Å². The second-order valence-electron chi connectivity index (χ2n) is 5.84. The smallest absolute Gasteiger partial charge is 0.258 e. The van der Waals surface area contributed by atoms with Crippen molar-refractivity contribution < 1.29 is 18.7 Å². The molecule has 0 spiro atoms. The molecule has 2 aromatic rings. The van der Waals surface area contributed by atoms with Crippen LogP contribution in [0.5, 0.6) is 5.75 Å². The van der Waals surface area contributed by atoms with Crippen LogP contribution in [-0.4, -0.2) is 35.7 Å². The van der Waals surface area contributed by atoms with E-state index in [-0.39, 0.29) is 24.2 Å². The molecule has 3 rings (SSSR count). The average molecular weight is 345 g/mol. The Balaban J connectivity index is 1.47. The Labute approximate surface area is 145 Å². The molecule has 1 saturated heterocycles. The van der Waals surface area contributed by atoms with Gasteiger partial charge in [0.2, 0.25) is 0 Å². The molecule has 2 heterocycles. The molecule has 1 N–H and O–H groups in total. The molecular weight excluding hydrogens is 325 g/mol. The van der Waals surface area contributed by atoms with E-state index in [1.165, 1.54) is 24.3 Å². The van der Waals surface area contributed by atoms with Crippen LogP contribution >= 0.6 is 0 Å². The molecule has 0 aliphatic carbocycles. The molecule has 1 aromatic carbocycles. The third-order valence-corrected chi connectivity index (χ3v) is 3.91. The number of nitrogens with zero attached hydrogens (tertiary/aromatic N) is 2. The number of hydrogen-bond donors (Lipinski definition) is 1. The van der Waals surface area contributed by atoms with Crippen molar-refractivity contribution in [1.82, 2.24) is 15.3 Å². The summed E-state index contributed by atoms with van der Waals surface area (Å²) >= 11 is 0. The van der Waals surface area contributed by atoms with Gasteiger partial charge in [0.05, 0.1) is 18.8 Å².